The Morgan fingerprint density at radius 1 is 0.462 bits per heavy atom. The second-order valence-electron chi connectivity index (χ2n) is 2.01. The van der Waals surface area contributed by atoms with Gasteiger partial charge in [0.1, 0.15) is 0 Å². The van der Waals surface area contributed by atoms with E-state index in [4.69, 9.17) is 0 Å². The number of rotatable bonds is 0. The van der Waals surface area contributed by atoms with Gasteiger partial charge in [-0.2, -0.15) is 39.3 Å². The molecule has 0 atom stereocenters. The van der Waals surface area contributed by atoms with Crippen LogP contribution in [0.4, 0.5) is 0 Å². The van der Waals surface area contributed by atoms with Gasteiger partial charge in [0.15, 0.2) is 0 Å². The Kier molecular flexibility index (Phi) is 32.7. The van der Waals surface area contributed by atoms with Gasteiger partial charge < -0.3 is 38.2 Å². The standard InChI is InChI=1S/C6H12N3.3CH3.Ni/c1-2-8-5-6-9-4-3-7-1;;;;/h1-6H2;3*1H3;/q-3;3*-1;. The first-order valence-corrected chi connectivity index (χ1v) is 3.40. The molecule has 1 heterocycles. The average molecular weight is 230 g/mol. The van der Waals surface area contributed by atoms with Crippen LogP contribution in [-0.2, 0) is 16.5 Å². The van der Waals surface area contributed by atoms with Crippen molar-refractivity contribution >= 4 is 0 Å². The minimum absolute atomic E-state index is 0. The van der Waals surface area contributed by atoms with E-state index in [-0.39, 0.29) is 38.8 Å². The Morgan fingerprint density at radius 3 is 0.769 bits per heavy atom. The van der Waals surface area contributed by atoms with Gasteiger partial charge in [0.05, 0.1) is 0 Å². The van der Waals surface area contributed by atoms with Crippen molar-refractivity contribution in [3.63, 3.8) is 0 Å². The van der Waals surface area contributed by atoms with Crippen molar-refractivity contribution in [1.82, 2.24) is 0 Å². The van der Waals surface area contributed by atoms with E-state index in [1.807, 2.05) is 0 Å². The van der Waals surface area contributed by atoms with Gasteiger partial charge in [-0.3, -0.25) is 0 Å². The van der Waals surface area contributed by atoms with E-state index in [1.165, 1.54) is 0 Å². The summed E-state index contributed by atoms with van der Waals surface area (Å²) in [5.74, 6) is 0. The molecule has 0 radical (unpaired) electrons. The van der Waals surface area contributed by atoms with Crippen molar-refractivity contribution in [2.45, 2.75) is 0 Å². The van der Waals surface area contributed by atoms with Gasteiger partial charge in [0.25, 0.3) is 0 Å². The third kappa shape index (κ3) is 15.2. The van der Waals surface area contributed by atoms with Crippen molar-refractivity contribution < 1.29 is 16.5 Å². The summed E-state index contributed by atoms with van der Waals surface area (Å²) in [7, 11) is 0. The van der Waals surface area contributed by atoms with Gasteiger partial charge >= 0.3 is 0 Å². The maximum Gasteiger partial charge on any atom is 0 e. The van der Waals surface area contributed by atoms with Crippen LogP contribution in [0.2, 0.25) is 0 Å². The predicted octanol–water partition coefficient (Wildman–Crippen LogP) is 2.47. The van der Waals surface area contributed by atoms with E-state index in [9.17, 15) is 0 Å². The molecule has 1 aliphatic heterocycles. The smallest absolute Gasteiger partial charge is 0 e. The minimum Gasteiger partial charge on any atom is -0.665 e. The van der Waals surface area contributed by atoms with Crippen LogP contribution in [0.15, 0.2) is 0 Å². The Labute approximate surface area is 94.4 Å². The first-order valence-electron chi connectivity index (χ1n) is 3.40. The SMILES string of the molecule is C1C[N-]CC[N-]CC[N-]1.[CH3-].[CH3-].[CH3-].[Ni]. The van der Waals surface area contributed by atoms with Crippen LogP contribution in [0.3, 0.4) is 0 Å². The van der Waals surface area contributed by atoms with Crippen LogP contribution in [0.1, 0.15) is 0 Å². The first-order chi connectivity index (χ1) is 4.50. The number of nitrogens with zero attached hydrogens (tertiary/aromatic N) is 3. The largest absolute Gasteiger partial charge is 0.665 e. The van der Waals surface area contributed by atoms with Crippen LogP contribution >= 0.6 is 0 Å². The van der Waals surface area contributed by atoms with Crippen molar-refractivity contribution in [2.24, 2.45) is 0 Å². The molecule has 1 fully saturated rings. The van der Waals surface area contributed by atoms with Crippen LogP contribution in [0.25, 0.3) is 16.0 Å². The molecule has 0 aliphatic carbocycles. The zero-order chi connectivity index (χ0) is 6.36. The monoisotopic (exact) mass is 229 g/mol. The quantitative estimate of drug-likeness (QED) is 0.453. The Morgan fingerprint density at radius 2 is 0.615 bits per heavy atom. The summed E-state index contributed by atoms with van der Waals surface area (Å²) < 4.78 is 0. The zero-order valence-electron chi connectivity index (χ0n) is 8.90. The van der Waals surface area contributed by atoms with E-state index in [0.717, 1.165) is 39.3 Å². The third-order valence-electron chi connectivity index (χ3n) is 1.25. The van der Waals surface area contributed by atoms with Crippen LogP contribution in [0.5, 0.6) is 0 Å². The molecule has 4 heteroatoms. The summed E-state index contributed by atoms with van der Waals surface area (Å²) in [6.45, 7) is 5.39. The molecular formula is C9H21N3Ni-6. The Bertz CT molecular complexity index is 43.4. The normalized spacial score (nSPS) is 16.6. The van der Waals surface area contributed by atoms with Crippen molar-refractivity contribution in [2.75, 3.05) is 39.3 Å². The molecule has 0 unspecified atom stereocenters. The van der Waals surface area contributed by atoms with E-state index in [0.29, 0.717) is 0 Å². The second kappa shape index (κ2) is 18.2. The van der Waals surface area contributed by atoms with Gasteiger partial charge in [-0.05, 0) is 0 Å². The number of hydrogen-bond acceptors (Lipinski definition) is 0. The molecular weight excluding hydrogens is 209 g/mol. The summed E-state index contributed by atoms with van der Waals surface area (Å²) in [5.41, 5.74) is 0. The number of hydrogen-bond donors (Lipinski definition) is 0. The van der Waals surface area contributed by atoms with E-state index in [2.05, 4.69) is 16.0 Å². The molecule has 1 saturated heterocycles. The molecule has 3 nitrogen and oxygen atoms in total. The zero-order valence-corrected chi connectivity index (χ0v) is 9.89. The minimum atomic E-state index is 0. The second-order valence-corrected chi connectivity index (χ2v) is 2.01. The summed E-state index contributed by atoms with van der Waals surface area (Å²) in [6, 6.07) is 0. The maximum absolute atomic E-state index is 4.20. The molecule has 13 heavy (non-hydrogen) atoms. The molecule has 0 aromatic rings. The van der Waals surface area contributed by atoms with Gasteiger partial charge in [0.2, 0.25) is 0 Å². The van der Waals surface area contributed by atoms with Crippen LogP contribution in [-0.4, -0.2) is 39.3 Å². The molecule has 0 N–H and O–H groups in total. The Hall–Kier alpha value is 0.374. The maximum atomic E-state index is 4.20. The fourth-order valence-corrected chi connectivity index (χ4v) is 0.760. The van der Waals surface area contributed by atoms with Gasteiger partial charge in [-0.1, -0.05) is 0 Å². The molecule has 1 aliphatic rings. The van der Waals surface area contributed by atoms with E-state index >= 15 is 0 Å². The van der Waals surface area contributed by atoms with Crippen molar-refractivity contribution in [3.8, 4) is 0 Å². The predicted molar refractivity (Wildman–Crippen MR) is 58.5 cm³/mol. The fraction of sp³-hybridized carbons (Fsp3) is 0.667. The summed E-state index contributed by atoms with van der Waals surface area (Å²) >= 11 is 0. The van der Waals surface area contributed by atoms with Gasteiger partial charge in [0, 0.05) is 16.5 Å². The fourth-order valence-electron chi connectivity index (χ4n) is 0.760. The first kappa shape index (κ1) is 23.3. The average Bonchev–Trinajstić information content (AvgIpc) is 2.00. The van der Waals surface area contributed by atoms with E-state index < -0.39 is 0 Å². The third-order valence-corrected chi connectivity index (χ3v) is 1.25. The van der Waals surface area contributed by atoms with Gasteiger partial charge in [-0.15, -0.1) is 0 Å². The summed E-state index contributed by atoms with van der Waals surface area (Å²) in [4.78, 5) is 0. The van der Waals surface area contributed by atoms with Crippen molar-refractivity contribution in [3.05, 3.63) is 38.2 Å². The molecule has 0 spiro atoms. The molecule has 0 amide bonds. The van der Waals surface area contributed by atoms with Crippen LogP contribution in [0, 0.1) is 22.3 Å². The topological polar surface area (TPSA) is 42.3 Å². The van der Waals surface area contributed by atoms with Crippen LogP contribution < -0.4 is 0 Å². The van der Waals surface area contributed by atoms with E-state index in [1.54, 1.807) is 0 Å². The molecule has 1 rings (SSSR count). The molecule has 0 bridgehead atoms. The molecule has 0 aromatic heterocycles. The van der Waals surface area contributed by atoms with Crippen molar-refractivity contribution in [1.29, 1.82) is 0 Å². The summed E-state index contributed by atoms with van der Waals surface area (Å²) in [6.07, 6.45) is 0. The molecule has 0 saturated carbocycles. The summed E-state index contributed by atoms with van der Waals surface area (Å²) in [5, 5.41) is 12.6. The Balaban J connectivity index is -0.000000101. The molecule has 0 aromatic carbocycles. The molecule has 88 valence electrons. The van der Waals surface area contributed by atoms with Gasteiger partial charge in [-0.25, -0.2) is 0 Å².